The monoisotopic (exact) mass is 226 g/mol. The van der Waals surface area contributed by atoms with Gasteiger partial charge in [0.25, 0.3) is 0 Å². The Labute approximate surface area is 103 Å². The van der Waals surface area contributed by atoms with Gasteiger partial charge in [0, 0.05) is 12.4 Å². The zero-order valence-electron chi connectivity index (χ0n) is 10.6. The van der Waals surface area contributed by atoms with Crippen LogP contribution in [0.3, 0.4) is 0 Å². The Morgan fingerprint density at radius 2 is 1.71 bits per heavy atom. The summed E-state index contributed by atoms with van der Waals surface area (Å²) in [6.45, 7) is 6.17. The second kappa shape index (κ2) is 4.30. The zero-order valence-corrected chi connectivity index (χ0v) is 10.6. The van der Waals surface area contributed by atoms with Crippen LogP contribution in [-0.4, -0.2) is 4.98 Å². The van der Waals surface area contributed by atoms with Crippen LogP contribution in [0, 0.1) is 13.8 Å². The molecule has 1 heterocycles. The molecule has 0 aliphatic rings. The molecule has 0 radical (unpaired) electrons. The smallest absolute Gasteiger partial charge is 0.0654 e. The maximum Gasteiger partial charge on any atom is 0.0654 e. The summed E-state index contributed by atoms with van der Waals surface area (Å²) < 4.78 is 0. The van der Waals surface area contributed by atoms with Crippen molar-refractivity contribution >= 4 is 0 Å². The van der Waals surface area contributed by atoms with Crippen LogP contribution in [0.4, 0.5) is 0 Å². The molecule has 0 saturated carbocycles. The molecule has 0 saturated heterocycles. The summed E-state index contributed by atoms with van der Waals surface area (Å²) in [4.78, 5) is 4.17. The first kappa shape index (κ1) is 11.8. The Bertz CT molecular complexity index is 513. The van der Waals surface area contributed by atoms with Crippen molar-refractivity contribution in [1.82, 2.24) is 4.98 Å². The minimum absolute atomic E-state index is 0.494. The standard InChI is InChI=1S/C15H18N2/c1-11-4-6-13(7-5-11)15(3,16)14-10-17-9-8-12(14)2/h4-10H,16H2,1-3H3. The molecule has 1 atom stereocenters. The summed E-state index contributed by atoms with van der Waals surface area (Å²) in [5.74, 6) is 0. The molecule has 1 aromatic carbocycles. The third-order valence-electron chi connectivity index (χ3n) is 3.25. The summed E-state index contributed by atoms with van der Waals surface area (Å²) in [7, 11) is 0. The summed E-state index contributed by atoms with van der Waals surface area (Å²) in [6, 6.07) is 10.3. The van der Waals surface area contributed by atoms with Crippen LogP contribution in [0.15, 0.2) is 42.7 Å². The number of hydrogen-bond acceptors (Lipinski definition) is 2. The zero-order chi connectivity index (χ0) is 12.5. The average Bonchev–Trinajstić information content (AvgIpc) is 2.30. The highest BCUT2D eigenvalue weighted by atomic mass is 14.7. The van der Waals surface area contributed by atoms with Crippen molar-refractivity contribution in [3.63, 3.8) is 0 Å². The van der Waals surface area contributed by atoms with E-state index in [9.17, 15) is 0 Å². The maximum atomic E-state index is 6.47. The van der Waals surface area contributed by atoms with Gasteiger partial charge in [0.2, 0.25) is 0 Å². The Morgan fingerprint density at radius 3 is 2.29 bits per heavy atom. The molecule has 2 aromatic rings. The third kappa shape index (κ3) is 2.22. The van der Waals surface area contributed by atoms with E-state index < -0.39 is 5.54 Å². The molecule has 2 nitrogen and oxygen atoms in total. The number of nitrogens with two attached hydrogens (primary N) is 1. The Kier molecular flexibility index (Phi) is 2.99. The molecule has 2 rings (SSSR count). The van der Waals surface area contributed by atoms with Crippen molar-refractivity contribution in [3.8, 4) is 0 Å². The Balaban J connectivity index is 2.49. The van der Waals surface area contributed by atoms with Crippen LogP contribution < -0.4 is 5.73 Å². The highest BCUT2D eigenvalue weighted by Crippen LogP contribution is 2.28. The number of pyridine rings is 1. The topological polar surface area (TPSA) is 38.9 Å². The van der Waals surface area contributed by atoms with Gasteiger partial charge < -0.3 is 5.73 Å². The third-order valence-corrected chi connectivity index (χ3v) is 3.25. The minimum Gasteiger partial charge on any atom is -0.318 e. The molecular weight excluding hydrogens is 208 g/mol. The SMILES string of the molecule is Cc1ccc(C(C)(N)c2cnccc2C)cc1. The lowest BCUT2D eigenvalue weighted by Crippen LogP contribution is -2.35. The van der Waals surface area contributed by atoms with E-state index in [1.807, 2.05) is 19.2 Å². The quantitative estimate of drug-likeness (QED) is 0.855. The number of rotatable bonds is 2. The van der Waals surface area contributed by atoms with E-state index in [0.29, 0.717) is 0 Å². The van der Waals surface area contributed by atoms with Gasteiger partial charge in [-0.1, -0.05) is 29.8 Å². The van der Waals surface area contributed by atoms with Gasteiger partial charge in [-0.15, -0.1) is 0 Å². The van der Waals surface area contributed by atoms with Crippen LogP contribution >= 0.6 is 0 Å². The summed E-state index contributed by atoms with van der Waals surface area (Å²) in [6.07, 6.45) is 3.65. The first-order chi connectivity index (χ1) is 8.01. The predicted octanol–water partition coefficient (Wildman–Crippen LogP) is 2.92. The molecular formula is C15H18N2. The fourth-order valence-corrected chi connectivity index (χ4v) is 2.06. The van der Waals surface area contributed by atoms with Gasteiger partial charge in [-0.05, 0) is 43.5 Å². The van der Waals surface area contributed by atoms with E-state index in [-0.39, 0.29) is 0 Å². The number of hydrogen-bond donors (Lipinski definition) is 1. The molecule has 0 fully saturated rings. The molecule has 1 aromatic heterocycles. The van der Waals surface area contributed by atoms with Gasteiger partial charge in [-0.2, -0.15) is 0 Å². The predicted molar refractivity (Wildman–Crippen MR) is 70.8 cm³/mol. The molecule has 17 heavy (non-hydrogen) atoms. The molecule has 0 spiro atoms. The molecule has 0 aliphatic carbocycles. The molecule has 2 heteroatoms. The van der Waals surface area contributed by atoms with E-state index in [1.54, 1.807) is 6.20 Å². The van der Waals surface area contributed by atoms with E-state index in [1.165, 1.54) is 11.1 Å². The van der Waals surface area contributed by atoms with Gasteiger partial charge in [-0.3, -0.25) is 4.98 Å². The van der Waals surface area contributed by atoms with E-state index in [2.05, 4.69) is 43.1 Å². The fourth-order valence-electron chi connectivity index (χ4n) is 2.06. The summed E-state index contributed by atoms with van der Waals surface area (Å²) >= 11 is 0. The van der Waals surface area contributed by atoms with Gasteiger partial charge in [0.1, 0.15) is 0 Å². The lowest BCUT2D eigenvalue weighted by molar-refractivity contribution is 0.596. The van der Waals surface area contributed by atoms with E-state index in [0.717, 1.165) is 11.1 Å². The Morgan fingerprint density at radius 1 is 1.06 bits per heavy atom. The van der Waals surface area contributed by atoms with Crippen LogP contribution in [0.5, 0.6) is 0 Å². The maximum absolute atomic E-state index is 6.47. The molecule has 0 aliphatic heterocycles. The minimum atomic E-state index is -0.494. The molecule has 2 N–H and O–H groups in total. The highest BCUT2D eigenvalue weighted by molar-refractivity contribution is 5.40. The van der Waals surface area contributed by atoms with Crippen LogP contribution in [0.1, 0.15) is 29.2 Å². The largest absolute Gasteiger partial charge is 0.318 e. The lowest BCUT2D eigenvalue weighted by atomic mass is 9.84. The number of nitrogens with zero attached hydrogens (tertiary/aromatic N) is 1. The number of aryl methyl sites for hydroxylation is 2. The summed E-state index contributed by atoms with van der Waals surface area (Å²) in [5, 5.41) is 0. The lowest BCUT2D eigenvalue weighted by Gasteiger charge is -2.27. The van der Waals surface area contributed by atoms with E-state index >= 15 is 0 Å². The van der Waals surface area contributed by atoms with Crippen LogP contribution in [0.25, 0.3) is 0 Å². The second-order valence-corrected chi connectivity index (χ2v) is 4.76. The first-order valence-corrected chi connectivity index (χ1v) is 5.79. The van der Waals surface area contributed by atoms with Crippen molar-refractivity contribution in [1.29, 1.82) is 0 Å². The van der Waals surface area contributed by atoms with Gasteiger partial charge in [0.15, 0.2) is 0 Å². The molecule has 0 amide bonds. The molecule has 0 bridgehead atoms. The average molecular weight is 226 g/mol. The number of aromatic nitrogens is 1. The van der Waals surface area contributed by atoms with Gasteiger partial charge in [0.05, 0.1) is 5.54 Å². The van der Waals surface area contributed by atoms with Crippen molar-refractivity contribution in [2.45, 2.75) is 26.3 Å². The van der Waals surface area contributed by atoms with Crippen molar-refractivity contribution in [2.75, 3.05) is 0 Å². The Hall–Kier alpha value is -1.67. The van der Waals surface area contributed by atoms with Crippen molar-refractivity contribution in [3.05, 3.63) is 65.0 Å². The fraction of sp³-hybridized carbons (Fsp3) is 0.267. The van der Waals surface area contributed by atoms with Gasteiger partial charge >= 0.3 is 0 Å². The van der Waals surface area contributed by atoms with Crippen molar-refractivity contribution in [2.24, 2.45) is 5.73 Å². The van der Waals surface area contributed by atoms with E-state index in [4.69, 9.17) is 5.73 Å². The molecule has 88 valence electrons. The van der Waals surface area contributed by atoms with Crippen molar-refractivity contribution < 1.29 is 0 Å². The van der Waals surface area contributed by atoms with Gasteiger partial charge in [-0.25, -0.2) is 0 Å². The normalized spacial score (nSPS) is 14.4. The van der Waals surface area contributed by atoms with Crippen LogP contribution in [-0.2, 0) is 5.54 Å². The second-order valence-electron chi connectivity index (χ2n) is 4.76. The van der Waals surface area contributed by atoms with Crippen LogP contribution in [0.2, 0.25) is 0 Å². The first-order valence-electron chi connectivity index (χ1n) is 5.79. The number of benzene rings is 1. The highest BCUT2D eigenvalue weighted by Gasteiger charge is 2.25. The summed E-state index contributed by atoms with van der Waals surface area (Å²) in [5.41, 5.74) is 10.6. The molecule has 1 unspecified atom stereocenters.